The van der Waals surface area contributed by atoms with E-state index < -0.39 is 16.8 Å². The van der Waals surface area contributed by atoms with Crippen LogP contribution in [0.2, 0.25) is 0 Å². The molecule has 0 aliphatic carbocycles. The predicted molar refractivity (Wildman–Crippen MR) is 86.0 cm³/mol. The van der Waals surface area contributed by atoms with Crippen LogP contribution in [0.4, 0.5) is 4.79 Å². The second kappa shape index (κ2) is 9.16. The number of methoxy groups -OCH3 is 1. The average Bonchev–Trinajstić information content (AvgIpc) is 2.41. The molecular weight excluding hydrogens is 314 g/mol. The Morgan fingerprint density at radius 3 is 2.38 bits per heavy atom. The first-order chi connectivity index (χ1) is 9.65. The van der Waals surface area contributed by atoms with Gasteiger partial charge >= 0.3 is 5.97 Å². The fourth-order valence-corrected chi connectivity index (χ4v) is 3.66. The summed E-state index contributed by atoms with van der Waals surface area (Å²) in [6, 6.07) is -0.842. The summed E-state index contributed by atoms with van der Waals surface area (Å²) in [4.78, 5) is 36.4. The minimum Gasteiger partial charge on any atom is -0.467 e. The van der Waals surface area contributed by atoms with Crippen LogP contribution in [0.15, 0.2) is 0 Å². The maximum absolute atomic E-state index is 11.9. The number of likely N-dealkylation sites (N-methyl/N-ethyl adjacent to an activating group) is 1. The number of esters is 1. The molecule has 1 atom stereocenters. The maximum atomic E-state index is 11.9. The number of nitrogens with one attached hydrogen (secondary N) is 1. The van der Waals surface area contributed by atoms with Gasteiger partial charge in [0, 0.05) is 37.9 Å². The second-order valence-corrected chi connectivity index (χ2v) is 7.64. The first-order valence-electron chi connectivity index (χ1n) is 6.31. The molecule has 9 heteroatoms. The molecule has 0 aromatic heterocycles. The molecule has 2 amide bonds. The zero-order valence-electron chi connectivity index (χ0n) is 13.0. The van der Waals surface area contributed by atoms with Crippen molar-refractivity contribution >= 4 is 38.7 Å². The summed E-state index contributed by atoms with van der Waals surface area (Å²) in [5, 5.41) is 2.39. The summed E-state index contributed by atoms with van der Waals surface area (Å²) in [7, 11) is 5.12. The number of amides is 2. The third kappa shape index (κ3) is 7.05. The Morgan fingerprint density at radius 1 is 1.38 bits per heavy atom. The maximum Gasteiger partial charge on any atom is 0.329 e. The van der Waals surface area contributed by atoms with E-state index in [9.17, 15) is 14.4 Å². The lowest BCUT2D eigenvalue weighted by Gasteiger charge is -2.31. The molecule has 0 bridgehead atoms. The van der Waals surface area contributed by atoms with Gasteiger partial charge in [-0.25, -0.2) is 4.79 Å². The molecule has 0 aliphatic heterocycles. The highest BCUT2D eigenvalue weighted by molar-refractivity contribution is 8.82. The van der Waals surface area contributed by atoms with Crippen LogP contribution in [-0.2, 0) is 14.3 Å². The summed E-state index contributed by atoms with van der Waals surface area (Å²) < 4.78 is 3.98. The van der Waals surface area contributed by atoms with Gasteiger partial charge in [0.15, 0.2) is 0 Å². The minimum absolute atomic E-state index is 0.162. The van der Waals surface area contributed by atoms with E-state index in [1.165, 1.54) is 29.7 Å². The highest BCUT2D eigenvalue weighted by Gasteiger charge is 2.38. The molecule has 0 aromatic carbocycles. The Morgan fingerprint density at radius 2 is 1.95 bits per heavy atom. The Balaban J connectivity index is 4.78. The third-order valence-corrected chi connectivity index (χ3v) is 5.75. The van der Waals surface area contributed by atoms with Crippen molar-refractivity contribution in [3.05, 3.63) is 0 Å². The van der Waals surface area contributed by atoms with Gasteiger partial charge in [0.25, 0.3) is 5.24 Å². The van der Waals surface area contributed by atoms with Gasteiger partial charge in [-0.05, 0) is 13.8 Å². The Labute approximate surface area is 133 Å². The number of carbonyl (C=O) groups is 3. The third-order valence-electron chi connectivity index (χ3n) is 2.58. The molecule has 7 nitrogen and oxygen atoms in total. The topological polar surface area (TPSA) is 102 Å². The van der Waals surface area contributed by atoms with E-state index in [4.69, 9.17) is 10.5 Å². The summed E-state index contributed by atoms with van der Waals surface area (Å²) in [5.74, 6) is -0.887. The molecular formula is C12H23N3O4S2. The lowest BCUT2D eigenvalue weighted by atomic mass is 10.0. The number of hydrogen-bond acceptors (Lipinski definition) is 7. The molecule has 0 fully saturated rings. The number of ether oxygens (including phenoxy) is 1. The van der Waals surface area contributed by atoms with E-state index in [-0.39, 0.29) is 11.1 Å². The van der Waals surface area contributed by atoms with E-state index in [1.54, 1.807) is 20.9 Å². The Kier molecular flexibility index (Phi) is 8.76. The van der Waals surface area contributed by atoms with E-state index in [1.807, 2.05) is 0 Å². The standard InChI is InChI=1S/C12H23N3O4S2/c1-8(16)14-9(10(17)19-5)12(2,3)21-20-11(18)15(4)7-6-13/h9H,6-7,13H2,1-5H3,(H,14,16). The Hall–Kier alpha value is -0.930. The molecule has 21 heavy (non-hydrogen) atoms. The van der Waals surface area contributed by atoms with Crippen molar-refractivity contribution in [2.24, 2.45) is 5.73 Å². The van der Waals surface area contributed by atoms with Crippen LogP contribution in [-0.4, -0.2) is 60.1 Å². The van der Waals surface area contributed by atoms with Gasteiger partial charge in [-0.1, -0.05) is 10.8 Å². The number of rotatable bonds is 7. The number of hydrogen-bond donors (Lipinski definition) is 2. The Bertz CT molecular complexity index is 391. The van der Waals surface area contributed by atoms with Crippen molar-refractivity contribution in [3.8, 4) is 0 Å². The summed E-state index contributed by atoms with van der Waals surface area (Å²) in [5.41, 5.74) is 5.39. The first-order valence-corrected chi connectivity index (χ1v) is 8.46. The van der Waals surface area contributed by atoms with Crippen molar-refractivity contribution in [3.63, 3.8) is 0 Å². The molecule has 0 aliphatic rings. The molecule has 0 aromatic rings. The highest BCUT2D eigenvalue weighted by atomic mass is 33.1. The van der Waals surface area contributed by atoms with Crippen LogP contribution >= 0.6 is 21.6 Å². The van der Waals surface area contributed by atoms with Gasteiger partial charge in [-0.3, -0.25) is 9.59 Å². The molecule has 1 unspecified atom stereocenters. The first kappa shape index (κ1) is 20.1. The second-order valence-electron chi connectivity index (χ2n) is 4.90. The van der Waals surface area contributed by atoms with Gasteiger partial charge in [0.05, 0.1) is 11.9 Å². The molecule has 0 spiro atoms. The van der Waals surface area contributed by atoms with Crippen molar-refractivity contribution in [1.29, 1.82) is 0 Å². The largest absolute Gasteiger partial charge is 0.467 e. The van der Waals surface area contributed by atoms with Gasteiger partial charge in [0.2, 0.25) is 5.91 Å². The normalized spacial score (nSPS) is 12.5. The zero-order valence-corrected chi connectivity index (χ0v) is 14.6. The average molecular weight is 337 g/mol. The molecule has 0 heterocycles. The lowest BCUT2D eigenvalue weighted by Crippen LogP contribution is -2.52. The van der Waals surface area contributed by atoms with Crippen LogP contribution in [0.3, 0.4) is 0 Å². The monoisotopic (exact) mass is 337 g/mol. The molecule has 122 valence electrons. The van der Waals surface area contributed by atoms with Crippen LogP contribution < -0.4 is 11.1 Å². The number of carbonyl (C=O) groups excluding carboxylic acids is 3. The summed E-state index contributed by atoms with van der Waals surface area (Å²) in [6.45, 7) is 5.69. The quantitative estimate of drug-likeness (QED) is 0.524. The fraction of sp³-hybridized carbons (Fsp3) is 0.750. The van der Waals surface area contributed by atoms with Gasteiger partial charge in [-0.2, -0.15) is 0 Å². The minimum atomic E-state index is -0.842. The zero-order chi connectivity index (χ0) is 16.6. The van der Waals surface area contributed by atoms with Crippen LogP contribution in [0, 0.1) is 0 Å². The molecule has 3 N–H and O–H groups in total. The van der Waals surface area contributed by atoms with Crippen molar-refractivity contribution in [2.45, 2.75) is 31.6 Å². The highest BCUT2D eigenvalue weighted by Crippen LogP contribution is 2.39. The van der Waals surface area contributed by atoms with Crippen molar-refractivity contribution in [1.82, 2.24) is 10.2 Å². The molecule has 0 radical (unpaired) electrons. The van der Waals surface area contributed by atoms with Gasteiger partial charge in [-0.15, -0.1) is 0 Å². The predicted octanol–water partition coefficient (Wildman–Crippen LogP) is 0.835. The van der Waals surface area contributed by atoms with E-state index in [0.717, 1.165) is 10.8 Å². The van der Waals surface area contributed by atoms with Crippen molar-refractivity contribution < 1.29 is 19.1 Å². The molecule has 0 rings (SSSR count). The van der Waals surface area contributed by atoms with Crippen LogP contribution in [0.5, 0.6) is 0 Å². The summed E-state index contributed by atoms with van der Waals surface area (Å²) in [6.07, 6.45) is 0. The van der Waals surface area contributed by atoms with E-state index in [0.29, 0.717) is 13.1 Å². The van der Waals surface area contributed by atoms with Gasteiger partial charge in [0.1, 0.15) is 6.04 Å². The van der Waals surface area contributed by atoms with E-state index >= 15 is 0 Å². The van der Waals surface area contributed by atoms with Crippen LogP contribution in [0.1, 0.15) is 20.8 Å². The summed E-state index contributed by atoms with van der Waals surface area (Å²) >= 11 is 0. The van der Waals surface area contributed by atoms with Gasteiger partial charge < -0.3 is 20.7 Å². The lowest BCUT2D eigenvalue weighted by molar-refractivity contribution is -0.145. The number of nitrogens with two attached hydrogens (primary N) is 1. The number of nitrogens with zero attached hydrogens (tertiary/aromatic N) is 1. The molecule has 0 saturated heterocycles. The smallest absolute Gasteiger partial charge is 0.329 e. The van der Waals surface area contributed by atoms with Crippen LogP contribution in [0.25, 0.3) is 0 Å². The van der Waals surface area contributed by atoms with Crippen molar-refractivity contribution in [2.75, 3.05) is 27.2 Å². The van der Waals surface area contributed by atoms with E-state index in [2.05, 4.69) is 5.32 Å². The molecule has 0 saturated carbocycles. The SMILES string of the molecule is COC(=O)C(NC(C)=O)C(C)(C)SSC(=O)N(C)CCN. The fourth-order valence-electron chi connectivity index (χ4n) is 1.38.